The summed E-state index contributed by atoms with van der Waals surface area (Å²) in [7, 11) is 3.76. The van der Waals surface area contributed by atoms with Gasteiger partial charge in [0.05, 0.1) is 28.8 Å². The quantitative estimate of drug-likeness (QED) is 0.744. The van der Waals surface area contributed by atoms with Crippen LogP contribution < -0.4 is 15.1 Å². The van der Waals surface area contributed by atoms with E-state index in [9.17, 15) is 4.79 Å². The molecule has 130 valence electrons. The van der Waals surface area contributed by atoms with Gasteiger partial charge in [0, 0.05) is 25.8 Å². The number of hydrogen-bond donors (Lipinski definition) is 1. The van der Waals surface area contributed by atoms with E-state index in [1.165, 1.54) is 0 Å². The van der Waals surface area contributed by atoms with E-state index >= 15 is 0 Å². The molecule has 2 heterocycles. The summed E-state index contributed by atoms with van der Waals surface area (Å²) in [6, 6.07) is 17.7. The van der Waals surface area contributed by atoms with E-state index in [0.29, 0.717) is 5.56 Å². The Hall–Kier alpha value is -3.34. The van der Waals surface area contributed by atoms with Gasteiger partial charge in [-0.1, -0.05) is 30.3 Å². The molecule has 3 aromatic rings. The monoisotopic (exact) mass is 344 g/mol. The molecule has 0 bridgehead atoms. The minimum Gasteiger partial charge on any atom is -0.342 e. The number of nitrogens with one attached hydrogen (secondary N) is 1. The Morgan fingerprint density at radius 2 is 1.62 bits per heavy atom. The van der Waals surface area contributed by atoms with Gasteiger partial charge < -0.3 is 15.1 Å². The third kappa shape index (κ3) is 2.58. The average molecular weight is 344 g/mol. The van der Waals surface area contributed by atoms with Crippen LogP contribution >= 0.6 is 0 Å². The first-order valence-corrected chi connectivity index (χ1v) is 8.50. The Labute approximate surface area is 152 Å². The highest BCUT2D eigenvalue weighted by molar-refractivity contribution is 6.13. The van der Waals surface area contributed by atoms with Gasteiger partial charge in [0.15, 0.2) is 0 Å². The molecule has 1 aliphatic heterocycles. The van der Waals surface area contributed by atoms with Gasteiger partial charge in [-0.2, -0.15) is 0 Å². The van der Waals surface area contributed by atoms with Crippen molar-refractivity contribution in [2.24, 2.45) is 0 Å². The molecular weight excluding hydrogens is 324 g/mol. The molecule has 5 nitrogen and oxygen atoms in total. The van der Waals surface area contributed by atoms with Gasteiger partial charge in [-0.3, -0.25) is 4.79 Å². The summed E-state index contributed by atoms with van der Waals surface area (Å²) in [6.45, 7) is 2.06. The van der Waals surface area contributed by atoms with Crippen molar-refractivity contribution in [3.8, 4) is 0 Å². The number of aromatic nitrogens is 1. The highest BCUT2D eigenvalue weighted by Crippen LogP contribution is 2.40. The Kier molecular flexibility index (Phi) is 3.84. The van der Waals surface area contributed by atoms with Crippen LogP contribution in [0, 0.1) is 6.92 Å². The number of pyridine rings is 1. The molecule has 2 aromatic carbocycles. The predicted octanol–water partition coefficient (Wildman–Crippen LogP) is 4.49. The third-order valence-corrected chi connectivity index (χ3v) is 4.79. The van der Waals surface area contributed by atoms with Crippen LogP contribution in [0.25, 0.3) is 0 Å². The fraction of sp³-hybridized carbons (Fsp3) is 0.143. The molecule has 4 rings (SSSR count). The van der Waals surface area contributed by atoms with Crippen molar-refractivity contribution >= 4 is 34.5 Å². The number of carbonyl (C=O) groups excluding carboxylic acids is 1. The van der Waals surface area contributed by atoms with Gasteiger partial charge in [0.25, 0.3) is 5.91 Å². The van der Waals surface area contributed by atoms with Crippen LogP contribution in [0.15, 0.2) is 60.8 Å². The molecule has 0 spiro atoms. The molecule has 0 aliphatic carbocycles. The van der Waals surface area contributed by atoms with Crippen LogP contribution in [0.2, 0.25) is 0 Å². The normalized spacial score (nSPS) is 13.1. The second kappa shape index (κ2) is 6.19. The van der Waals surface area contributed by atoms with Crippen LogP contribution in [0.4, 0.5) is 28.6 Å². The zero-order valence-corrected chi connectivity index (χ0v) is 15.0. The number of rotatable bonds is 2. The topological polar surface area (TPSA) is 48.5 Å². The first-order valence-electron chi connectivity index (χ1n) is 8.50. The summed E-state index contributed by atoms with van der Waals surface area (Å²) in [5, 5.41) is 3.37. The van der Waals surface area contributed by atoms with Gasteiger partial charge in [-0.15, -0.1) is 0 Å². The Bertz CT molecular complexity index is 999. The number of anilines is 5. The SMILES string of the molecule is Cc1ccccc1Nc1cc2c(cn1)N(C)C(=O)c1ccccc1N2C. The summed E-state index contributed by atoms with van der Waals surface area (Å²) < 4.78 is 0. The molecule has 0 radical (unpaired) electrons. The zero-order chi connectivity index (χ0) is 18.3. The van der Waals surface area contributed by atoms with Crippen LogP contribution in [-0.4, -0.2) is 25.0 Å². The van der Waals surface area contributed by atoms with E-state index in [4.69, 9.17) is 0 Å². The number of fused-ring (bicyclic) bond motifs is 2. The van der Waals surface area contributed by atoms with Crippen LogP contribution in [-0.2, 0) is 0 Å². The van der Waals surface area contributed by atoms with Crippen molar-refractivity contribution in [3.63, 3.8) is 0 Å². The maximum Gasteiger partial charge on any atom is 0.260 e. The lowest BCUT2D eigenvalue weighted by Crippen LogP contribution is -2.25. The Morgan fingerprint density at radius 3 is 2.42 bits per heavy atom. The van der Waals surface area contributed by atoms with Crippen LogP contribution in [0.5, 0.6) is 0 Å². The van der Waals surface area contributed by atoms with Crippen molar-refractivity contribution in [2.75, 3.05) is 29.2 Å². The average Bonchev–Trinajstić information content (AvgIpc) is 2.74. The second-order valence-electron chi connectivity index (χ2n) is 6.44. The number of amides is 1. The lowest BCUT2D eigenvalue weighted by molar-refractivity contribution is 0.0994. The molecule has 0 saturated heterocycles. The molecule has 1 aliphatic rings. The molecule has 0 saturated carbocycles. The summed E-state index contributed by atoms with van der Waals surface area (Å²) in [4.78, 5) is 21.0. The third-order valence-electron chi connectivity index (χ3n) is 4.79. The number of carbonyl (C=O) groups is 1. The highest BCUT2D eigenvalue weighted by Gasteiger charge is 2.27. The van der Waals surface area contributed by atoms with E-state index < -0.39 is 0 Å². The van der Waals surface area contributed by atoms with Crippen molar-refractivity contribution in [2.45, 2.75) is 6.92 Å². The second-order valence-corrected chi connectivity index (χ2v) is 6.44. The van der Waals surface area contributed by atoms with Gasteiger partial charge in [-0.25, -0.2) is 4.98 Å². The van der Waals surface area contributed by atoms with Crippen molar-refractivity contribution in [3.05, 3.63) is 71.9 Å². The van der Waals surface area contributed by atoms with Crippen molar-refractivity contribution in [1.29, 1.82) is 0 Å². The Balaban J connectivity index is 1.81. The van der Waals surface area contributed by atoms with E-state index in [1.54, 1.807) is 18.1 Å². The molecule has 0 fully saturated rings. The van der Waals surface area contributed by atoms with E-state index in [1.807, 2.05) is 60.5 Å². The number of benzene rings is 2. The van der Waals surface area contributed by atoms with Crippen LogP contribution in [0.1, 0.15) is 15.9 Å². The summed E-state index contributed by atoms with van der Waals surface area (Å²) in [6.07, 6.45) is 1.75. The lowest BCUT2D eigenvalue weighted by Gasteiger charge is -2.23. The minimum atomic E-state index is -0.0346. The smallest absolute Gasteiger partial charge is 0.260 e. The van der Waals surface area contributed by atoms with E-state index in [0.717, 1.165) is 34.1 Å². The van der Waals surface area contributed by atoms with Crippen molar-refractivity contribution < 1.29 is 4.79 Å². The first-order chi connectivity index (χ1) is 12.6. The van der Waals surface area contributed by atoms with Crippen molar-refractivity contribution in [1.82, 2.24) is 4.98 Å². The van der Waals surface area contributed by atoms with E-state index in [2.05, 4.69) is 23.3 Å². The summed E-state index contributed by atoms with van der Waals surface area (Å²) in [5.74, 6) is 0.706. The minimum absolute atomic E-state index is 0.0346. The summed E-state index contributed by atoms with van der Waals surface area (Å²) >= 11 is 0. The molecule has 1 aromatic heterocycles. The molecule has 1 N–H and O–H groups in total. The molecule has 1 amide bonds. The largest absolute Gasteiger partial charge is 0.342 e. The number of para-hydroxylation sites is 2. The standard InChI is InChI=1S/C21H20N4O/c1-14-8-4-6-10-16(14)23-20-12-18-19(13-22-20)25(3)21(26)15-9-5-7-11-17(15)24(18)2/h4-13H,1-3H3,(H,22,23). The molecular formula is C21H20N4O. The Morgan fingerprint density at radius 1 is 0.885 bits per heavy atom. The van der Waals surface area contributed by atoms with Gasteiger partial charge in [0.2, 0.25) is 0 Å². The molecule has 0 atom stereocenters. The number of nitrogens with zero attached hydrogens (tertiary/aromatic N) is 3. The van der Waals surface area contributed by atoms with Gasteiger partial charge in [-0.05, 0) is 30.7 Å². The molecule has 0 unspecified atom stereocenters. The molecule has 26 heavy (non-hydrogen) atoms. The number of aryl methyl sites for hydroxylation is 1. The van der Waals surface area contributed by atoms with Crippen LogP contribution in [0.3, 0.4) is 0 Å². The fourth-order valence-electron chi connectivity index (χ4n) is 3.25. The van der Waals surface area contributed by atoms with Gasteiger partial charge in [0.1, 0.15) is 5.82 Å². The van der Waals surface area contributed by atoms with Gasteiger partial charge >= 0.3 is 0 Å². The summed E-state index contributed by atoms with van der Waals surface area (Å²) in [5.41, 5.74) is 5.44. The zero-order valence-electron chi connectivity index (χ0n) is 15.0. The predicted molar refractivity (Wildman–Crippen MR) is 106 cm³/mol. The molecule has 5 heteroatoms. The lowest BCUT2D eigenvalue weighted by atomic mass is 10.1. The fourth-order valence-corrected chi connectivity index (χ4v) is 3.25. The van der Waals surface area contributed by atoms with E-state index in [-0.39, 0.29) is 5.91 Å². The number of hydrogen-bond acceptors (Lipinski definition) is 4. The maximum atomic E-state index is 12.8. The highest BCUT2D eigenvalue weighted by atomic mass is 16.2. The first kappa shape index (κ1) is 16.1. The maximum absolute atomic E-state index is 12.8.